The minimum absolute atomic E-state index is 0.0605. The van der Waals surface area contributed by atoms with Crippen LogP contribution in [0.1, 0.15) is 41.6 Å². The van der Waals surface area contributed by atoms with Crippen LogP contribution in [0.3, 0.4) is 0 Å². The molecular formula is C16H22N4. The smallest absolute Gasteiger partial charge is 0.128 e. The number of rotatable bonds is 5. The number of hydrogen-bond donors (Lipinski definition) is 2. The van der Waals surface area contributed by atoms with Gasteiger partial charge in [0.05, 0.1) is 6.04 Å². The third kappa shape index (κ3) is 3.14. The van der Waals surface area contributed by atoms with Gasteiger partial charge in [-0.1, -0.05) is 6.92 Å². The molecule has 0 bridgehead atoms. The summed E-state index contributed by atoms with van der Waals surface area (Å²) in [6, 6.07) is 4.21. The summed E-state index contributed by atoms with van der Waals surface area (Å²) in [7, 11) is 0. The van der Waals surface area contributed by atoms with Crippen molar-refractivity contribution in [3.05, 3.63) is 53.0 Å². The van der Waals surface area contributed by atoms with E-state index in [2.05, 4.69) is 35.2 Å². The molecule has 1 unspecified atom stereocenters. The molecule has 4 heteroatoms. The Morgan fingerprint density at radius 2 is 2.05 bits per heavy atom. The Balaban J connectivity index is 2.47. The van der Waals surface area contributed by atoms with Crippen molar-refractivity contribution < 1.29 is 0 Å². The topological polar surface area (TPSA) is 63.8 Å². The van der Waals surface area contributed by atoms with Crippen molar-refractivity contribution in [3.63, 3.8) is 0 Å². The Kier molecular flexibility index (Phi) is 4.69. The van der Waals surface area contributed by atoms with E-state index in [0.717, 1.165) is 29.7 Å². The van der Waals surface area contributed by atoms with Gasteiger partial charge in [0.1, 0.15) is 5.82 Å². The number of pyridine rings is 2. The molecule has 0 amide bonds. The molecule has 2 aromatic heterocycles. The van der Waals surface area contributed by atoms with Crippen molar-refractivity contribution in [1.29, 1.82) is 0 Å². The lowest BCUT2D eigenvalue weighted by atomic mass is 9.95. The molecule has 0 saturated heterocycles. The molecule has 0 aromatic carbocycles. The second-order valence-corrected chi connectivity index (χ2v) is 5.11. The molecule has 0 radical (unpaired) electrons. The number of anilines is 1. The summed E-state index contributed by atoms with van der Waals surface area (Å²) in [5, 5.41) is 3.56. The Morgan fingerprint density at radius 3 is 2.75 bits per heavy atom. The molecule has 2 heterocycles. The van der Waals surface area contributed by atoms with Gasteiger partial charge in [-0.2, -0.15) is 0 Å². The first-order valence-corrected chi connectivity index (χ1v) is 6.99. The molecule has 2 aromatic rings. The summed E-state index contributed by atoms with van der Waals surface area (Å²) in [5.41, 5.74) is 10.6. The van der Waals surface area contributed by atoms with Gasteiger partial charge in [-0.3, -0.25) is 4.98 Å². The largest absolute Gasteiger partial charge is 0.383 e. The van der Waals surface area contributed by atoms with Crippen molar-refractivity contribution in [3.8, 4) is 0 Å². The number of nitrogens with zero attached hydrogens (tertiary/aromatic N) is 2. The standard InChI is InChI=1S/C16H22N4/c1-4-6-19-15(13-5-7-18-10-12(13)3)14-8-11(2)9-20-16(14)17/h5,7-10,15,19H,4,6H2,1-3H3,(H2,17,20). The van der Waals surface area contributed by atoms with Crippen LogP contribution in [-0.4, -0.2) is 16.5 Å². The molecule has 0 spiro atoms. The van der Waals surface area contributed by atoms with Gasteiger partial charge in [0.25, 0.3) is 0 Å². The summed E-state index contributed by atoms with van der Waals surface area (Å²) in [6.07, 6.45) is 6.58. The first kappa shape index (κ1) is 14.5. The molecule has 4 nitrogen and oxygen atoms in total. The molecule has 2 rings (SSSR count). The van der Waals surface area contributed by atoms with Crippen molar-refractivity contribution >= 4 is 5.82 Å². The van der Waals surface area contributed by atoms with Crippen LogP contribution in [0.15, 0.2) is 30.7 Å². The maximum absolute atomic E-state index is 6.08. The minimum Gasteiger partial charge on any atom is -0.383 e. The van der Waals surface area contributed by atoms with Gasteiger partial charge in [0.2, 0.25) is 0 Å². The highest BCUT2D eigenvalue weighted by Crippen LogP contribution is 2.28. The lowest BCUT2D eigenvalue weighted by Crippen LogP contribution is -2.25. The average Bonchev–Trinajstić information content (AvgIpc) is 2.44. The van der Waals surface area contributed by atoms with Gasteiger partial charge in [-0.05, 0) is 55.6 Å². The van der Waals surface area contributed by atoms with Crippen LogP contribution >= 0.6 is 0 Å². The predicted octanol–water partition coefficient (Wildman–Crippen LogP) is 2.76. The summed E-state index contributed by atoms with van der Waals surface area (Å²) in [6.45, 7) is 7.19. The highest BCUT2D eigenvalue weighted by atomic mass is 14.9. The van der Waals surface area contributed by atoms with E-state index >= 15 is 0 Å². The molecule has 0 aliphatic heterocycles. The highest BCUT2D eigenvalue weighted by molar-refractivity contribution is 5.48. The number of aryl methyl sites for hydroxylation is 2. The van der Waals surface area contributed by atoms with Crippen molar-refractivity contribution in [2.45, 2.75) is 33.2 Å². The van der Waals surface area contributed by atoms with E-state index in [9.17, 15) is 0 Å². The van der Waals surface area contributed by atoms with Gasteiger partial charge in [-0.15, -0.1) is 0 Å². The third-order valence-corrected chi connectivity index (χ3v) is 3.37. The van der Waals surface area contributed by atoms with Crippen LogP contribution in [0.25, 0.3) is 0 Å². The summed E-state index contributed by atoms with van der Waals surface area (Å²) < 4.78 is 0. The minimum atomic E-state index is 0.0605. The SMILES string of the molecule is CCCNC(c1ccncc1C)c1cc(C)cnc1N. The third-order valence-electron chi connectivity index (χ3n) is 3.37. The van der Waals surface area contributed by atoms with Gasteiger partial charge in [-0.25, -0.2) is 4.98 Å². The van der Waals surface area contributed by atoms with Crippen molar-refractivity contribution in [1.82, 2.24) is 15.3 Å². The summed E-state index contributed by atoms with van der Waals surface area (Å²) >= 11 is 0. The zero-order chi connectivity index (χ0) is 14.5. The first-order chi connectivity index (χ1) is 9.63. The van der Waals surface area contributed by atoms with Crippen LogP contribution in [0.2, 0.25) is 0 Å². The quantitative estimate of drug-likeness (QED) is 0.877. The van der Waals surface area contributed by atoms with Gasteiger partial charge in [0.15, 0.2) is 0 Å². The summed E-state index contributed by atoms with van der Waals surface area (Å²) in [5.74, 6) is 0.584. The number of nitrogen functional groups attached to an aromatic ring is 1. The van der Waals surface area contributed by atoms with E-state index in [4.69, 9.17) is 5.73 Å². The van der Waals surface area contributed by atoms with Crippen LogP contribution in [0.5, 0.6) is 0 Å². The van der Waals surface area contributed by atoms with Crippen molar-refractivity contribution in [2.24, 2.45) is 0 Å². The lowest BCUT2D eigenvalue weighted by Gasteiger charge is -2.22. The zero-order valence-electron chi connectivity index (χ0n) is 12.4. The van der Waals surface area contributed by atoms with E-state index in [-0.39, 0.29) is 6.04 Å². The molecule has 0 aliphatic rings. The van der Waals surface area contributed by atoms with E-state index in [1.54, 1.807) is 6.20 Å². The molecule has 3 N–H and O–H groups in total. The molecule has 20 heavy (non-hydrogen) atoms. The number of aromatic nitrogens is 2. The molecule has 106 valence electrons. The van der Waals surface area contributed by atoms with Gasteiger partial charge in [0, 0.05) is 24.2 Å². The second kappa shape index (κ2) is 6.48. The first-order valence-electron chi connectivity index (χ1n) is 6.99. The monoisotopic (exact) mass is 270 g/mol. The van der Waals surface area contributed by atoms with Crippen molar-refractivity contribution in [2.75, 3.05) is 12.3 Å². The maximum atomic E-state index is 6.08. The Bertz CT molecular complexity index is 580. The molecule has 0 saturated carbocycles. The Morgan fingerprint density at radius 1 is 1.25 bits per heavy atom. The number of nitrogens with one attached hydrogen (secondary N) is 1. The van der Waals surface area contributed by atoms with E-state index in [0.29, 0.717) is 5.82 Å². The summed E-state index contributed by atoms with van der Waals surface area (Å²) in [4.78, 5) is 8.45. The fourth-order valence-corrected chi connectivity index (χ4v) is 2.32. The zero-order valence-corrected chi connectivity index (χ0v) is 12.4. The van der Waals surface area contributed by atoms with Crippen LogP contribution in [-0.2, 0) is 0 Å². The second-order valence-electron chi connectivity index (χ2n) is 5.11. The number of hydrogen-bond acceptors (Lipinski definition) is 4. The molecule has 0 aliphatic carbocycles. The van der Waals surface area contributed by atoms with Crippen LogP contribution in [0, 0.1) is 13.8 Å². The molecule has 1 atom stereocenters. The molecular weight excluding hydrogens is 248 g/mol. The highest BCUT2D eigenvalue weighted by Gasteiger charge is 2.18. The average molecular weight is 270 g/mol. The lowest BCUT2D eigenvalue weighted by molar-refractivity contribution is 0.595. The van der Waals surface area contributed by atoms with E-state index in [1.165, 1.54) is 5.56 Å². The van der Waals surface area contributed by atoms with Crippen LogP contribution < -0.4 is 11.1 Å². The van der Waals surface area contributed by atoms with Gasteiger partial charge >= 0.3 is 0 Å². The number of nitrogens with two attached hydrogens (primary N) is 1. The fourth-order valence-electron chi connectivity index (χ4n) is 2.32. The van der Waals surface area contributed by atoms with Crippen LogP contribution in [0.4, 0.5) is 5.82 Å². The van der Waals surface area contributed by atoms with E-state index < -0.39 is 0 Å². The predicted molar refractivity (Wildman–Crippen MR) is 82.5 cm³/mol. The Hall–Kier alpha value is -1.94. The molecule has 0 fully saturated rings. The maximum Gasteiger partial charge on any atom is 0.128 e. The van der Waals surface area contributed by atoms with E-state index in [1.807, 2.05) is 25.4 Å². The Labute approximate surface area is 120 Å². The van der Waals surface area contributed by atoms with Gasteiger partial charge < -0.3 is 11.1 Å². The fraction of sp³-hybridized carbons (Fsp3) is 0.375. The normalized spacial score (nSPS) is 12.3.